The van der Waals surface area contributed by atoms with Crippen molar-refractivity contribution in [1.82, 2.24) is 9.55 Å². The van der Waals surface area contributed by atoms with Crippen LogP contribution in [0.15, 0.2) is 83.2 Å². The van der Waals surface area contributed by atoms with Gasteiger partial charge in [0.2, 0.25) is 0 Å². The van der Waals surface area contributed by atoms with Crippen LogP contribution in [0.2, 0.25) is 0 Å². The van der Waals surface area contributed by atoms with Crippen LogP contribution >= 0.6 is 11.3 Å². The van der Waals surface area contributed by atoms with Gasteiger partial charge in [-0.2, -0.15) is 0 Å². The van der Waals surface area contributed by atoms with Gasteiger partial charge >= 0.3 is 5.97 Å². The van der Waals surface area contributed by atoms with Gasteiger partial charge in [-0.1, -0.05) is 42.5 Å². The first kappa shape index (κ1) is 23.9. The van der Waals surface area contributed by atoms with Crippen molar-refractivity contribution in [2.75, 3.05) is 6.26 Å². The van der Waals surface area contributed by atoms with Crippen LogP contribution in [0.3, 0.4) is 0 Å². The highest BCUT2D eigenvalue weighted by Crippen LogP contribution is 2.32. The van der Waals surface area contributed by atoms with Gasteiger partial charge in [0.25, 0.3) is 0 Å². The Bertz CT molecular complexity index is 1700. The minimum absolute atomic E-state index is 0.0303. The number of hydrogen-bond acceptors (Lipinski definition) is 5. The van der Waals surface area contributed by atoms with Crippen LogP contribution in [0, 0.1) is 5.82 Å². The van der Waals surface area contributed by atoms with Crippen molar-refractivity contribution in [3.05, 3.63) is 112 Å². The fourth-order valence-corrected chi connectivity index (χ4v) is 5.70. The second kappa shape index (κ2) is 9.33. The molecule has 2 aromatic heterocycles. The monoisotopic (exact) mass is 520 g/mol. The van der Waals surface area contributed by atoms with Crippen molar-refractivity contribution < 1.29 is 22.7 Å². The van der Waals surface area contributed by atoms with E-state index in [4.69, 9.17) is 0 Å². The molecule has 5 rings (SSSR count). The molecule has 3 aromatic carbocycles. The second-order valence-corrected chi connectivity index (χ2v) is 11.4. The first-order valence-corrected chi connectivity index (χ1v) is 13.8. The molecule has 1 N–H and O–H groups in total. The molecule has 2 heterocycles. The normalized spacial score (nSPS) is 11.7. The molecule has 0 aliphatic heterocycles. The van der Waals surface area contributed by atoms with Gasteiger partial charge in [-0.15, -0.1) is 11.3 Å². The summed E-state index contributed by atoms with van der Waals surface area (Å²) < 4.78 is 40.0. The van der Waals surface area contributed by atoms with Crippen LogP contribution in [-0.2, 0) is 22.7 Å². The van der Waals surface area contributed by atoms with Crippen LogP contribution in [0.1, 0.15) is 32.7 Å². The summed E-state index contributed by atoms with van der Waals surface area (Å²) in [7, 11) is -3.30. The molecule has 0 radical (unpaired) electrons. The molecule has 0 saturated heterocycles. The zero-order valence-corrected chi connectivity index (χ0v) is 20.8. The number of hydrogen-bond donors (Lipinski definition) is 1. The molecule has 0 aliphatic rings. The van der Waals surface area contributed by atoms with Gasteiger partial charge < -0.3 is 5.11 Å². The third kappa shape index (κ3) is 4.67. The third-order valence-corrected chi connectivity index (χ3v) is 7.96. The average Bonchev–Trinajstić information content (AvgIpc) is 3.46. The number of carbonyl (C=O) groups is 1. The number of aromatic carboxylic acids is 1. The smallest absolute Gasteiger partial charge is 0.355 e. The SMILES string of the molecule is CS(=O)(=O)c1ccc(Cc2cn(-c3nc(C(=O)O)cs3)c3cccc(Cc4ccccc4F)c23)cc1. The highest BCUT2D eigenvalue weighted by Gasteiger charge is 2.18. The van der Waals surface area contributed by atoms with Crippen molar-refractivity contribution >= 4 is 38.0 Å². The Morgan fingerprint density at radius 2 is 1.69 bits per heavy atom. The van der Waals surface area contributed by atoms with Gasteiger partial charge in [0, 0.05) is 29.6 Å². The van der Waals surface area contributed by atoms with E-state index >= 15 is 0 Å². The number of rotatable bonds is 7. The van der Waals surface area contributed by atoms with Gasteiger partial charge in [0.05, 0.1) is 10.4 Å². The average molecular weight is 521 g/mol. The van der Waals surface area contributed by atoms with Gasteiger partial charge in [-0.3, -0.25) is 4.57 Å². The van der Waals surface area contributed by atoms with Gasteiger partial charge in [-0.05, 0) is 52.9 Å². The van der Waals surface area contributed by atoms with E-state index in [-0.39, 0.29) is 16.4 Å². The lowest BCUT2D eigenvalue weighted by Crippen LogP contribution is -1.98. The number of carboxylic acids is 1. The summed E-state index contributed by atoms with van der Waals surface area (Å²) in [5.41, 5.74) is 4.15. The summed E-state index contributed by atoms with van der Waals surface area (Å²) in [5, 5.41) is 12.3. The largest absolute Gasteiger partial charge is 0.476 e. The molecule has 182 valence electrons. The number of carboxylic acid groups (broad SMARTS) is 1. The fraction of sp³-hybridized carbons (Fsp3) is 0.111. The molecule has 0 fully saturated rings. The Balaban J connectivity index is 1.65. The van der Waals surface area contributed by atoms with E-state index in [2.05, 4.69) is 4.98 Å². The quantitative estimate of drug-likeness (QED) is 0.306. The number of thiazole rings is 1. The lowest BCUT2D eigenvalue weighted by Gasteiger charge is -2.09. The predicted octanol–water partition coefficient (Wildman–Crippen LogP) is 5.51. The second-order valence-electron chi connectivity index (χ2n) is 8.52. The molecule has 0 unspecified atom stereocenters. The lowest BCUT2D eigenvalue weighted by atomic mass is 9.96. The molecule has 36 heavy (non-hydrogen) atoms. The number of aromatic nitrogens is 2. The highest BCUT2D eigenvalue weighted by atomic mass is 32.2. The molecular formula is C27H21FN2O4S2. The Hall–Kier alpha value is -3.82. The molecule has 0 aliphatic carbocycles. The molecule has 9 heteroatoms. The molecule has 0 bridgehead atoms. The van der Waals surface area contributed by atoms with Gasteiger partial charge in [-0.25, -0.2) is 22.6 Å². The maximum absolute atomic E-state index is 14.5. The maximum atomic E-state index is 14.5. The topological polar surface area (TPSA) is 89.3 Å². The zero-order chi connectivity index (χ0) is 25.4. The highest BCUT2D eigenvalue weighted by molar-refractivity contribution is 7.90. The summed E-state index contributed by atoms with van der Waals surface area (Å²) in [6.45, 7) is 0. The Morgan fingerprint density at radius 1 is 0.972 bits per heavy atom. The Morgan fingerprint density at radius 3 is 2.36 bits per heavy atom. The molecule has 5 aromatic rings. The van der Waals surface area contributed by atoms with Gasteiger partial charge in [0.15, 0.2) is 20.7 Å². The number of sulfone groups is 1. The minimum Gasteiger partial charge on any atom is -0.476 e. The Kier molecular flexibility index (Phi) is 6.19. The third-order valence-electron chi connectivity index (χ3n) is 6.00. The van der Waals surface area contributed by atoms with Crippen molar-refractivity contribution in [2.24, 2.45) is 0 Å². The minimum atomic E-state index is -3.30. The molecule has 0 amide bonds. The molecule has 0 atom stereocenters. The van der Waals surface area contributed by atoms with E-state index < -0.39 is 15.8 Å². The van der Waals surface area contributed by atoms with E-state index in [1.54, 1.807) is 42.5 Å². The maximum Gasteiger partial charge on any atom is 0.355 e. The van der Waals surface area contributed by atoms with E-state index in [0.717, 1.165) is 27.6 Å². The summed E-state index contributed by atoms with van der Waals surface area (Å²) in [5.74, 6) is -1.38. The van der Waals surface area contributed by atoms with E-state index in [1.807, 2.05) is 29.0 Å². The molecular weight excluding hydrogens is 499 g/mol. The van der Waals surface area contributed by atoms with E-state index in [1.165, 1.54) is 29.0 Å². The van der Waals surface area contributed by atoms with Gasteiger partial charge in [0.1, 0.15) is 5.82 Å². The van der Waals surface area contributed by atoms with E-state index in [0.29, 0.717) is 23.5 Å². The Labute approximate surface area is 211 Å². The zero-order valence-electron chi connectivity index (χ0n) is 19.2. The predicted molar refractivity (Wildman–Crippen MR) is 137 cm³/mol. The standard InChI is InChI=1S/C27H21FN2O4S2/c1-36(33,34)21-11-9-17(10-12-21)13-20-15-30(27-29-23(16-35-27)26(31)32)24-8-4-6-19(25(20)24)14-18-5-2-3-7-22(18)28/h2-12,15-16H,13-14H2,1H3,(H,31,32). The van der Waals surface area contributed by atoms with Crippen molar-refractivity contribution in [2.45, 2.75) is 17.7 Å². The van der Waals surface area contributed by atoms with Crippen molar-refractivity contribution in [3.8, 4) is 5.13 Å². The first-order chi connectivity index (χ1) is 17.2. The van der Waals surface area contributed by atoms with Crippen molar-refractivity contribution in [3.63, 3.8) is 0 Å². The molecule has 0 saturated carbocycles. The number of nitrogens with zero attached hydrogens (tertiary/aromatic N) is 2. The fourth-order valence-electron chi connectivity index (χ4n) is 4.28. The van der Waals surface area contributed by atoms with Crippen LogP contribution in [0.4, 0.5) is 4.39 Å². The summed E-state index contributed by atoms with van der Waals surface area (Å²) in [6, 6.07) is 19.2. The number of fused-ring (bicyclic) bond motifs is 1. The van der Waals surface area contributed by atoms with E-state index in [9.17, 15) is 22.7 Å². The molecule has 6 nitrogen and oxygen atoms in total. The molecule has 0 spiro atoms. The first-order valence-electron chi connectivity index (χ1n) is 11.0. The summed E-state index contributed by atoms with van der Waals surface area (Å²) >= 11 is 1.23. The van der Waals surface area contributed by atoms with Crippen LogP contribution in [0.5, 0.6) is 0 Å². The van der Waals surface area contributed by atoms with Crippen molar-refractivity contribution in [1.29, 1.82) is 0 Å². The number of benzene rings is 3. The lowest BCUT2D eigenvalue weighted by molar-refractivity contribution is 0.0691. The van der Waals surface area contributed by atoms with Crippen LogP contribution in [-0.4, -0.2) is 35.3 Å². The summed E-state index contributed by atoms with van der Waals surface area (Å²) in [6.07, 6.45) is 3.97. The number of halogens is 1. The van der Waals surface area contributed by atoms with Crippen LogP contribution < -0.4 is 0 Å². The van der Waals surface area contributed by atoms with Crippen LogP contribution in [0.25, 0.3) is 16.0 Å². The summed E-state index contributed by atoms with van der Waals surface area (Å²) in [4.78, 5) is 15.9.